The summed E-state index contributed by atoms with van der Waals surface area (Å²) in [5.74, 6) is -0.390. The number of carbonyl (C=O) groups excluding carboxylic acids is 1. The van der Waals surface area contributed by atoms with Gasteiger partial charge in [0.05, 0.1) is 0 Å². The van der Waals surface area contributed by atoms with Crippen LogP contribution in [0.25, 0.3) is 0 Å². The molecule has 19 heavy (non-hydrogen) atoms. The molecule has 1 atom stereocenters. The lowest BCUT2D eigenvalue weighted by atomic mass is 9.97. The molecule has 5 heteroatoms. The van der Waals surface area contributed by atoms with Crippen LogP contribution in [0, 0.1) is 5.92 Å². The van der Waals surface area contributed by atoms with Gasteiger partial charge in [-0.3, -0.25) is 4.79 Å². The molecule has 1 aromatic carbocycles. The number of amides is 1. The van der Waals surface area contributed by atoms with E-state index in [1.54, 1.807) is 26.0 Å². The molecular formula is C14H17BrN2O2. The van der Waals surface area contributed by atoms with E-state index < -0.39 is 5.72 Å². The van der Waals surface area contributed by atoms with Crippen LogP contribution in [0.1, 0.15) is 32.8 Å². The maximum absolute atomic E-state index is 12.2. The highest BCUT2D eigenvalue weighted by molar-refractivity contribution is 9.10. The first-order valence-corrected chi connectivity index (χ1v) is 7.00. The number of halogens is 1. The maximum atomic E-state index is 12.2. The number of nitrogens with zero attached hydrogens (tertiary/aromatic N) is 2. The monoisotopic (exact) mass is 324 g/mol. The fraction of sp³-hybridized carbons (Fsp3) is 0.429. The van der Waals surface area contributed by atoms with Crippen molar-refractivity contribution in [2.45, 2.75) is 32.9 Å². The van der Waals surface area contributed by atoms with Crippen molar-refractivity contribution < 1.29 is 9.90 Å². The Balaban J connectivity index is 2.41. The topological polar surface area (TPSA) is 52.9 Å². The quantitative estimate of drug-likeness (QED) is 0.909. The van der Waals surface area contributed by atoms with Crippen molar-refractivity contribution in [2.24, 2.45) is 11.0 Å². The molecule has 1 amide bonds. The largest absolute Gasteiger partial charge is 0.365 e. The molecule has 1 aromatic rings. The molecule has 102 valence electrons. The van der Waals surface area contributed by atoms with E-state index in [-0.39, 0.29) is 11.8 Å². The van der Waals surface area contributed by atoms with Crippen LogP contribution in [-0.4, -0.2) is 21.7 Å². The van der Waals surface area contributed by atoms with Gasteiger partial charge in [-0.1, -0.05) is 41.9 Å². The van der Waals surface area contributed by atoms with Crippen molar-refractivity contribution in [2.75, 3.05) is 0 Å². The summed E-state index contributed by atoms with van der Waals surface area (Å²) in [6.07, 6.45) is 0.340. The highest BCUT2D eigenvalue weighted by atomic mass is 79.9. The fourth-order valence-electron chi connectivity index (χ4n) is 2.14. The first kappa shape index (κ1) is 14.2. The predicted molar refractivity (Wildman–Crippen MR) is 77.4 cm³/mol. The first-order chi connectivity index (χ1) is 8.84. The minimum atomic E-state index is -1.37. The van der Waals surface area contributed by atoms with E-state index in [4.69, 9.17) is 0 Å². The van der Waals surface area contributed by atoms with Gasteiger partial charge in [0.25, 0.3) is 0 Å². The number of aliphatic hydroxyl groups is 1. The van der Waals surface area contributed by atoms with Crippen LogP contribution in [0.2, 0.25) is 0 Å². The molecule has 1 heterocycles. The van der Waals surface area contributed by atoms with Crippen molar-refractivity contribution in [3.8, 4) is 0 Å². The molecule has 0 unspecified atom stereocenters. The first-order valence-electron chi connectivity index (χ1n) is 6.21. The molecule has 0 aliphatic carbocycles. The second-order valence-electron chi connectivity index (χ2n) is 5.14. The van der Waals surface area contributed by atoms with E-state index in [0.29, 0.717) is 12.0 Å². The van der Waals surface area contributed by atoms with Gasteiger partial charge in [0.2, 0.25) is 5.91 Å². The minimum absolute atomic E-state index is 0.178. The van der Waals surface area contributed by atoms with E-state index in [2.05, 4.69) is 21.0 Å². The van der Waals surface area contributed by atoms with Gasteiger partial charge in [0.1, 0.15) is 0 Å². The molecule has 0 fully saturated rings. The Bertz CT molecular complexity index is 525. The van der Waals surface area contributed by atoms with Crippen LogP contribution in [0.5, 0.6) is 0 Å². The average Bonchev–Trinajstić information content (AvgIpc) is 2.65. The number of hydrogen-bond acceptors (Lipinski definition) is 3. The molecule has 1 aliphatic rings. The van der Waals surface area contributed by atoms with Crippen molar-refractivity contribution >= 4 is 27.5 Å². The van der Waals surface area contributed by atoms with Gasteiger partial charge >= 0.3 is 0 Å². The summed E-state index contributed by atoms with van der Waals surface area (Å²) in [4.78, 5) is 12.2. The second-order valence-corrected chi connectivity index (χ2v) is 6.06. The second kappa shape index (κ2) is 5.06. The Morgan fingerprint density at radius 2 is 2.00 bits per heavy atom. The van der Waals surface area contributed by atoms with Gasteiger partial charge in [0.15, 0.2) is 5.72 Å². The van der Waals surface area contributed by atoms with Gasteiger partial charge in [-0.05, 0) is 19.1 Å². The van der Waals surface area contributed by atoms with Crippen LogP contribution in [0.3, 0.4) is 0 Å². The number of rotatable bonds is 2. The number of carbonyl (C=O) groups is 1. The van der Waals surface area contributed by atoms with Gasteiger partial charge in [0, 0.05) is 28.1 Å². The third-order valence-electron chi connectivity index (χ3n) is 3.13. The minimum Gasteiger partial charge on any atom is -0.365 e. The molecule has 2 rings (SSSR count). The van der Waals surface area contributed by atoms with Crippen molar-refractivity contribution in [3.63, 3.8) is 0 Å². The molecule has 1 aliphatic heterocycles. The lowest BCUT2D eigenvalue weighted by Crippen LogP contribution is -2.45. The smallest absolute Gasteiger partial charge is 0.248 e. The Kier molecular flexibility index (Phi) is 3.78. The highest BCUT2D eigenvalue weighted by Crippen LogP contribution is 2.36. The molecule has 4 nitrogen and oxygen atoms in total. The van der Waals surface area contributed by atoms with Gasteiger partial charge in [-0.2, -0.15) is 10.1 Å². The standard InChI is InChI=1S/C14H17BrN2O2/c1-9(2)13(18)17-14(19,8-10(3)16-17)11-4-6-12(15)7-5-11/h4-7,9,19H,8H2,1-3H3/t14-/m0/s1. The zero-order valence-corrected chi connectivity index (χ0v) is 12.8. The summed E-state index contributed by atoms with van der Waals surface area (Å²) in [5.41, 5.74) is 0.0521. The lowest BCUT2D eigenvalue weighted by Gasteiger charge is -2.32. The number of benzene rings is 1. The van der Waals surface area contributed by atoms with Gasteiger partial charge < -0.3 is 5.11 Å². The van der Waals surface area contributed by atoms with Gasteiger partial charge in [-0.25, -0.2) is 0 Å². The highest BCUT2D eigenvalue weighted by Gasteiger charge is 2.45. The third-order valence-corrected chi connectivity index (χ3v) is 3.66. The summed E-state index contributed by atoms with van der Waals surface area (Å²) in [6.45, 7) is 5.42. The Morgan fingerprint density at radius 3 is 2.53 bits per heavy atom. The molecule has 0 aromatic heterocycles. The maximum Gasteiger partial charge on any atom is 0.248 e. The Morgan fingerprint density at radius 1 is 1.42 bits per heavy atom. The molecular weight excluding hydrogens is 308 g/mol. The van der Waals surface area contributed by atoms with Crippen LogP contribution in [0.15, 0.2) is 33.8 Å². The summed E-state index contributed by atoms with van der Waals surface area (Å²) in [7, 11) is 0. The molecule has 0 bridgehead atoms. The van der Waals surface area contributed by atoms with Crippen molar-refractivity contribution in [3.05, 3.63) is 34.3 Å². The normalized spacial score (nSPS) is 22.8. The Labute approximate surface area is 121 Å². The molecule has 0 saturated carbocycles. The lowest BCUT2D eigenvalue weighted by molar-refractivity contribution is -0.161. The van der Waals surface area contributed by atoms with E-state index in [1.807, 2.05) is 19.1 Å². The van der Waals surface area contributed by atoms with Crippen molar-refractivity contribution in [1.82, 2.24) is 5.01 Å². The zero-order chi connectivity index (χ0) is 14.2. The molecule has 0 saturated heterocycles. The van der Waals surface area contributed by atoms with Crippen LogP contribution in [-0.2, 0) is 10.5 Å². The summed E-state index contributed by atoms with van der Waals surface area (Å²) < 4.78 is 0.928. The fourth-order valence-corrected chi connectivity index (χ4v) is 2.40. The summed E-state index contributed by atoms with van der Waals surface area (Å²) in [6, 6.07) is 7.30. The van der Waals surface area contributed by atoms with E-state index in [1.165, 1.54) is 5.01 Å². The van der Waals surface area contributed by atoms with E-state index >= 15 is 0 Å². The van der Waals surface area contributed by atoms with Gasteiger partial charge in [-0.15, -0.1) is 0 Å². The van der Waals surface area contributed by atoms with Crippen molar-refractivity contribution in [1.29, 1.82) is 0 Å². The molecule has 0 spiro atoms. The zero-order valence-electron chi connectivity index (χ0n) is 11.2. The number of hydrogen-bond donors (Lipinski definition) is 1. The van der Waals surface area contributed by atoms with Crippen LogP contribution >= 0.6 is 15.9 Å². The van der Waals surface area contributed by atoms with E-state index in [0.717, 1.165) is 10.2 Å². The third kappa shape index (κ3) is 2.58. The van der Waals surface area contributed by atoms with Crippen LogP contribution < -0.4 is 0 Å². The SMILES string of the molecule is CC1=NN(C(=O)C(C)C)[C@@](O)(c2ccc(Br)cc2)C1. The number of hydrazone groups is 1. The Hall–Kier alpha value is -1.20. The summed E-state index contributed by atoms with van der Waals surface area (Å²) >= 11 is 3.36. The predicted octanol–water partition coefficient (Wildman–Crippen LogP) is 2.86. The van der Waals surface area contributed by atoms with Crippen LogP contribution in [0.4, 0.5) is 0 Å². The van der Waals surface area contributed by atoms with E-state index in [9.17, 15) is 9.90 Å². The molecule has 0 radical (unpaired) electrons. The summed E-state index contributed by atoms with van der Waals surface area (Å²) in [5, 5.41) is 16.3. The molecule has 1 N–H and O–H groups in total. The average molecular weight is 325 g/mol.